The Kier molecular flexibility index (Phi) is 2.41. The van der Waals surface area contributed by atoms with Crippen molar-refractivity contribution in [2.24, 2.45) is 0 Å². The molecule has 0 radical (unpaired) electrons. The van der Waals surface area contributed by atoms with Gasteiger partial charge in [0.25, 0.3) is 0 Å². The van der Waals surface area contributed by atoms with E-state index in [9.17, 15) is 0 Å². The minimum atomic E-state index is 0.416. The van der Waals surface area contributed by atoms with E-state index in [1.54, 1.807) is 0 Å². The first-order valence-corrected chi connectivity index (χ1v) is 4.99. The average molecular weight is 278 g/mol. The number of benzene rings is 1. The third kappa shape index (κ3) is 1.52. The maximum Gasteiger partial charge on any atom is 0.140 e. The van der Waals surface area contributed by atoms with Gasteiger partial charge in [0.05, 0.1) is 10.5 Å². The fourth-order valence-corrected chi connectivity index (χ4v) is 1.77. The molecule has 0 N–H and O–H groups in total. The summed E-state index contributed by atoms with van der Waals surface area (Å²) >= 11 is 15.2. The molecule has 2 rings (SSSR count). The predicted molar refractivity (Wildman–Crippen MR) is 57.3 cm³/mol. The molecule has 0 unspecified atom stereocenters. The summed E-state index contributed by atoms with van der Waals surface area (Å²) in [6, 6.07) is 3.65. The molecule has 1 aromatic carbocycles. The molecule has 2 nitrogen and oxygen atoms in total. The van der Waals surface area contributed by atoms with Gasteiger partial charge in [-0.2, -0.15) is 0 Å². The Hall–Kier alpha value is -0.380. The van der Waals surface area contributed by atoms with Crippen LogP contribution in [0.4, 0.5) is 0 Å². The van der Waals surface area contributed by atoms with E-state index in [0.717, 1.165) is 9.86 Å². The van der Waals surface area contributed by atoms with Crippen LogP contribution in [0.1, 0.15) is 0 Å². The predicted octanol–water partition coefficient (Wildman–Crippen LogP) is 3.70. The van der Waals surface area contributed by atoms with Crippen molar-refractivity contribution in [1.82, 2.24) is 9.97 Å². The SMILES string of the molecule is Clc1ncnc2c(Cl)c(Br)ccc12. The second-order valence-electron chi connectivity index (χ2n) is 2.42. The molecule has 1 aromatic heterocycles. The van der Waals surface area contributed by atoms with Gasteiger partial charge in [-0.05, 0) is 28.1 Å². The van der Waals surface area contributed by atoms with E-state index in [1.807, 2.05) is 12.1 Å². The van der Waals surface area contributed by atoms with Crippen LogP contribution in [-0.2, 0) is 0 Å². The van der Waals surface area contributed by atoms with Gasteiger partial charge in [0.2, 0.25) is 0 Å². The van der Waals surface area contributed by atoms with Crippen LogP contribution in [0.3, 0.4) is 0 Å². The number of fused-ring (bicyclic) bond motifs is 1. The van der Waals surface area contributed by atoms with E-state index >= 15 is 0 Å². The maximum atomic E-state index is 6.00. The topological polar surface area (TPSA) is 25.8 Å². The first-order valence-electron chi connectivity index (χ1n) is 3.44. The van der Waals surface area contributed by atoms with Crippen molar-refractivity contribution in [1.29, 1.82) is 0 Å². The molecule has 0 atom stereocenters. The van der Waals surface area contributed by atoms with Gasteiger partial charge in [0, 0.05) is 9.86 Å². The van der Waals surface area contributed by atoms with E-state index in [1.165, 1.54) is 6.33 Å². The highest BCUT2D eigenvalue weighted by atomic mass is 79.9. The third-order valence-corrected chi connectivity index (χ3v) is 3.22. The lowest BCUT2D eigenvalue weighted by atomic mass is 10.2. The lowest BCUT2D eigenvalue weighted by molar-refractivity contribution is 1.22. The zero-order valence-electron chi connectivity index (χ0n) is 6.26. The highest BCUT2D eigenvalue weighted by molar-refractivity contribution is 9.10. The maximum absolute atomic E-state index is 6.00. The number of nitrogens with zero attached hydrogens (tertiary/aromatic N) is 2. The van der Waals surface area contributed by atoms with Gasteiger partial charge in [0.15, 0.2) is 0 Å². The number of hydrogen-bond acceptors (Lipinski definition) is 2. The summed E-state index contributed by atoms with van der Waals surface area (Å²) in [5, 5.41) is 1.73. The van der Waals surface area contributed by atoms with Crippen molar-refractivity contribution in [2.75, 3.05) is 0 Å². The number of hydrogen-bond donors (Lipinski definition) is 0. The van der Waals surface area contributed by atoms with Crippen LogP contribution >= 0.6 is 39.1 Å². The summed E-state index contributed by atoms with van der Waals surface area (Å²) in [5.74, 6) is 0. The molecule has 5 heteroatoms. The fourth-order valence-electron chi connectivity index (χ4n) is 1.04. The molecule has 0 aliphatic carbocycles. The highest BCUT2D eigenvalue weighted by Crippen LogP contribution is 2.31. The molecule has 66 valence electrons. The Labute approximate surface area is 93.0 Å². The van der Waals surface area contributed by atoms with Crippen molar-refractivity contribution >= 4 is 50.0 Å². The van der Waals surface area contributed by atoms with Crippen LogP contribution in [0, 0.1) is 0 Å². The number of rotatable bonds is 0. The van der Waals surface area contributed by atoms with Crippen molar-refractivity contribution in [3.63, 3.8) is 0 Å². The second kappa shape index (κ2) is 3.40. The number of aromatic nitrogens is 2. The molecule has 2 aromatic rings. The van der Waals surface area contributed by atoms with E-state index in [4.69, 9.17) is 23.2 Å². The molecule has 0 saturated carbocycles. The lowest BCUT2D eigenvalue weighted by Gasteiger charge is -2.01. The molecular weight excluding hydrogens is 275 g/mol. The monoisotopic (exact) mass is 276 g/mol. The van der Waals surface area contributed by atoms with E-state index in [0.29, 0.717) is 15.7 Å². The second-order valence-corrected chi connectivity index (χ2v) is 4.01. The Morgan fingerprint density at radius 2 is 1.92 bits per heavy atom. The van der Waals surface area contributed by atoms with Gasteiger partial charge in [-0.15, -0.1) is 0 Å². The number of halogens is 3. The van der Waals surface area contributed by atoms with Crippen molar-refractivity contribution in [3.8, 4) is 0 Å². The van der Waals surface area contributed by atoms with Gasteiger partial charge in [-0.1, -0.05) is 23.2 Å². The Morgan fingerprint density at radius 1 is 1.15 bits per heavy atom. The Bertz CT molecular complexity index is 473. The van der Waals surface area contributed by atoms with Gasteiger partial charge in [-0.3, -0.25) is 0 Å². The molecule has 0 bridgehead atoms. The fraction of sp³-hybridized carbons (Fsp3) is 0. The zero-order valence-corrected chi connectivity index (χ0v) is 9.36. The first-order chi connectivity index (χ1) is 6.20. The van der Waals surface area contributed by atoms with Crippen LogP contribution < -0.4 is 0 Å². The molecular formula is C8H3BrCl2N2. The lowest BCUT2D eigenvalue weighted by Crippen LogP contribution is -1.84. The van der Waals surface area contributed by atoms with Crippen LogP contribution in [-0.4, -0.2) is 9.97 Å². The average Bonchev–Trinajstić information content (AvgIpc) is 2.12. The normalized spacial score (nSPS) is 10.7. The highest BCUT2D eigenvalue weighted by Gasteiger charge is 2.07. The van der Waals surface area contributed by atoms with Crippen molar-refractivity contribution < 1.29 is 0 Å². The van der Waals surface area contributed by atoms with Crippen LogP contribution in [0.25, 0.3) is 10.9 Å². The van der Waals surface area contributed by atoms with Gasteiger partial charge >= 0.3 is 0 Å². The molecule has 0 aliphatic heterocycles. The third-order valence-electron chi connectivity index (χ3n) is 1.65. The minimum Gasteiger partial charge on any atom is -0.235 e. The summed E-state index contributed by atoms with van der Waals surface area (Å²) in [6.07, 6.45) is 1.39. The van der Waals surface area contributed by atoms with Gasteiger partial charge < -0.3 is 0 Å². The quantitative estimate of drug-likeness (QED) is 0.686. The summed E-state index contributed by atoms with van der Waals surface area (Å²) in [7, 11) is 0. The Balaban J connectivity index is 2.94. The van der Waals surface area contributed by atoms with Gasteiger partial charge in [-0.25, -0.2) is 9.97 Å². The standard InChI is InChI=1S/C8H3BrCl2N2/c9-5-2-1-4-7(6(5)10)12-3-13-8(4)11/h1-3H. The molecule has 0 saturated heterocycles. The van der Waals surface area contributed by atoms with Gasteiger partial charge in [0.1, 0.15) is 11.5 Å². The molecule has 0 fully saturated rings. The summed E-state index contributed by atoms with van der Waals surface area (Å²) < 4.78 is 0.802. The smallest absolute Gasteiger partial charge is 0.140 e. The van der Waals surface area contributed by atoms with Crippen LogP contribution in [0.2, 0.25) is 10.2 Å². The molecule has 1 heterocycles. The molecule has 13 heavy (non-hydrogen) atoms. The largest absolute Gasteiger partial charge is 0.235 e. The van der Waals surface area contributed by atoms with Crippen molar-refractivity contribution in [2.45, 2.75) is 0 Å². The summed E-state index contributed by atoms with van der Waals surface area (Å²) in [5.41, 5.74) is 0.663. The van der Waals surface area contributed by atoms with E-state index in [-0.39, 0.29) is 0 Å². The van der Waals surface area contributed by atoms with E-state index in [2.05, 4.69) is 25.9 Å². The van der Waals surface area contributed by atoms with Crippen LogP contribution in [0.5, 0.6) is 0 Å². The zero-order chi connectivity index (χ0) is 9.42. The summed E-state index contributed by atoms with van der Waals surface area (Å²) in [4.78, 5) is 7.90. The first kappa shape index (κ1) is 9.19. The molecule has 0 aliphatic rings. The minimum absolute atomic E-state index is 0.416. The van der Waals surface area contributed by atoms with E-state index < -0.39 is 0 Å². The van der Waals surface area contributed by atoms with Crippen LogP contribution in [0.15, 0.2) is 22.9 Å². The Morgan fingerprint density at radius 3 is 2.69 bits per heavy atom. The molecule has 0 amide bonds. The molecule has 0 spiro atoms. The van der Waals surface area contributed by atoms with Crippen molar-refractivity contribution in [3.05, 3.63) is 33.1 Å². The summed E-state index contributed by atoms with van der Waals surface area (Å²) in [6.45, 7) is 0.